The molecule has 7 heteroatoms. The molecule has 0 radical (unpaired) electrons. The number of nitrogens with zero attached hydrogens (tertiary/aromatic N) is 1. The number of halogens is 1. The third kappa shape index (κ3) is 4.62. The van der Waals surface area contributed by atoms with Crippen LogP contribution in [0.15, 0.2) is 54.2 Å². The number of hydrogen-bond donors (Lipinski definition) is 1. The maximum atomic E-state index is 11.8. The van der Waals surface area contributed by atoms with Gasteiger partial charge in [0.2, 0.25) is 0 Å². The predicted molar refractivity (Wildman–Crippen MR) is 97.3 cm³/mol. The molecular weight excluding hydrogens is 356 g/mol. The Kier molecular flexibility index (Phi) is 6.36. The number of carbonyl (C=O) groups excluding carboxylic acids is 2. The summed E-state index contributed by atoms with van der Waals surface area (Å²) in [6, 6.07) is 14.3. The third-order valence-electron chi connectivity index (χ3n) is 3.46. The van der Waals surface area contributed by atoms with E-state index in [1.807, 2.05) is 12.1 Å². The molecule has 0 heterocycles. The minimum Gasteiger partial charge on any atom is -0.466 e. The molecule has 1 N–H and O–H groups in total. The highest BCUT2D eigenvalue weighted by Crippen LogP contribution is 2.27. The van der Waals surface area contributed by atoms with E-state index in [2.05, 4.69) is 20.9 Å². The average Bonchev–Trinajstić information content (AvgIpc) is 2.67. The van der Waals surface area contributed by atoms with Gasteiger partial charge in [-0.2, -0.15) is 5.26 Å². The third-order valence-corrected chi connectivity index (χ3v) is 3.71. The van der Waals surface area contributed by atoms with Gasteiger partial charge in [-0.15, -0.1) is 0 Å². The zero-order valence-electron chi connectivity index (χ0n) is 14.1. The molecule has 2 aromatic rings. The van der Waals surface area contributed by atoms with Crippen LogP contribution in [0.5, 0.6) is 0 Å². The van der Waals surface area contributed by atoms with Crippen molar-refractivity contribution < 1.29 is 19.1 Å². The minimum absolute atomic E-state index is 0.143. The van der Waals surface area contributed by atoms with Gasteiger partial charge in [-0.25, -0.2) is 9.59 Å². The molecule has 0 aliphatic rings. The molecule has 0 atom stereocenters. The van der Waals surface area contributed by atoms with Crippen molar-refractivity contribution in [1.29, 1.82) is 5.26 Å². The Balaban J connectivity index is 2.38. The number of nitriles is 1. The van der Waals surface area contributed by atoms with E-state index in [1.165, 1.54) is 14.2 Å². The Hall–Kier alpha value is -3.30. The van der Waals surface area contributed by atoms with Crippen molar-refractivity contribution in [2.45, 2.75) is 0 Å². The van der Waals surface area contributed by atoms with E-state index in [9.17, 15) is 14.9 Å². The molecule has 2 aromatic carbocycles. The lowest BCUT2D eigenvalue weighted by molar-refractivity contribution is -0.138. The fourth-order valence-electron chi connectivity index (χ4n) is 2.15. The molecule has 0 aliphatic heterocycles. The van der Waals surface area contributed by atoms with Gasteiger partial charge in [-0.1, -0.05) is 29.8 Å². The van der Waals surface area contributed by atoms with Crippen molar-refractivity contribution >= 4 is 29.2 Å². The van der Waals surface area contributed by atoms with Gasteiger partial charge in [0.1, 0.15) is 11.8 Å². The Bertz CT molecular complexity index is 899. The molecule has 26 heavy (non-hydrogen) atoms. The SMILES string of the molecule is COC(=O)/C=C(/Nc1ccc(-c2ccc(Cl)cc2)cc1C#N)C(=O)OC. The highest BCUT2D eigenvalue weighted by molar-refractivity contribution is 6.30. The van der Waals surface area contributed by atoms with Gasteiger partial charge >= 0.3 is 11.9 Å². The van der Waals surface area contributed by atoms with E-state index in [-0.39, 0.29) is 11.3 Å². The Morgan fingerprint density at radius 2 is 1.73 bits per heavy atom. The summed E-state index contributed by atoms with van der Waals surface area (Å²) in [5.74, 6) is -1.49. The number of anilines is 1. The van der Waals surface area contributed by atoms with Crippen LogP contribution in [0, 0.1) is 11.3 Å². The van der Waals surface area contributed by atoms with Gasteiger partial charge in [0.15, 0.2) is 0 Å². The molecule has 0 fully saturated rings. The van der Waals surface area contributed by atoms with Crippen LogP contribution >= 0.6 is 11.6 Å². The van der Waals surface area contributed by atoms with Crippen molar-refractivity contribution in [2.75, 3.05) is 19.5 Å². The van der Waals surface area contributed by atoms with Crippen LogP contribution in [-0.4, -0.2) is 26.2 Å². The molecule has 132 valence electrons. The van der Waals surface area contributed by atoms with E-state index >= 15 is 0 Å². The lowest BCUT2D eigenvalue weighted by Gasteiger charge is -2.12. The van der Waals surface area contributed by atoms with E-state index in [0.717, 1.165) is 17.2 Å². The summed E-state index contributed by atoms with van der Waals surface area (Å²) in [5.41, 5.74) is 2.19. The lowest BCUT2D eigenvalue weighted by atomic mass is 10.0. The second-order valence-corrected chi connectivity index (χ2v) is 5.51. The molecule has 0 spiro atoms. The first-order chi connectivity index (χ1) is 12.5. The fourth-order valence-corrected chi connectivity index (χ4v) is 2.27. The first-order valence-electron chi connectivity index (χ1n) is 7.43. The van der Waals surface area contributed by atoms with Crippen molar-refractivity contribution in [3.8, 4) is 17.2 Å². The maximum absolute atomic E-state index is 11.8. The Labute approximate surface area is 155 Å². The number of carbonyl (C=O) groups is 2. The van der Waals surface area contributed by atoms with Crippen molar-refractivity contribution in [2.24, 2.45) is 0 Å². The first-order valence-corrected chi connectivity index (χ1v) is 7.81. The van der Waals surface area contributed by atoms with Crippen molar-refractivity contribution in [3.05, 3.63) is 64.8 Å². The molecule has 6 nitrogen and oxygen atoms in total. The second kappa shape index (κ2) is 8.70. The van der Waals surface area contributed by atoms with E-state index in [0.29, 0.717) is 10.7 Å². The summed E-state index contributed by atoms with van der Waals surface area (Å²) in [4.78, 5) is 23.3. The van der Waals surface area contributed by atoms with Crippen LogP contribution in [0.1, 0.15) is 5.56 Å². The number of ether oxygens (including phenoxy) is 2. The van der Waals surface area contributed by atoms with Crippen LogP contribution in [0.3, 0.4) is 0 Å². The largest absolute Gasteiger partial charge is 0.466 e. The van der Waals surface area contributed by atoms with Gasteiger partial charge in [-0.05, 0) is 35.4 Å². The highest BCUT2D eigenvalue weighted by Gasteiger charge is 2.15. The highest BCUT2D eigenvalue weighted by atomic mass is 35.5. The van der Waals surface area contributed by atoms with Crippen LogP contribution in [0.2, 0.25) is 5.02 Å². The number of nitrogens with one attached hydrogen (secondary N) is 1. The van der Waals surface area contributed by atoms with Crippen LogP contribution in [0.4, 0.5) is 5.69 Å². The van der Waals surface area contributed by atoms with Crippen molar-refractivity contribution in [3.63, 3.8) is 0 Å². The standard InChI is InChI=1S/C19H15ClN2O4/c1-25-18(23)10-17(19(24)26-2)22-16-8-5-13(9-14(16)11-21)12-3-6-15(20)7-4-12/h3-10,22H,1-2H3/b17-10+. The zero-order valence-corrected chi connectivity index (χ0v) is 14.8. The molecule has 0 aromatic heterocycles. The van der Waals surface area contributed by atoms with E-state index < -0.39 is 11.9 Å². The smallest absolute Gasteiger partial charge is 0.354 e. The fraction of sp³-hybridized carbons (Fsp3) is 0.105. The molecule has 0 bridgehead atoms. The normalized spacial score (nSPS) is 10.6. The lowest BCUT2D eigenvalue weighted by Crippen LogP contribution is -2.16. The number of rotatable bonds is 5. The number of esters is 2. The van der Waals surface area contributed by atoms with Gasteiger partial charge in [0.05, 0.1) is 31.5 Å². The Morgan fingerprint density at radius 3 is 2.31 bits per heavy atom. The summed E-state index contributed by atoms with van der Waals surface area (Å²) in [6.07, 6.45) is 0.958. The first kappa shape index (κ1) is 19.0. The number of methoxy groups -OCH3 is 2. The summed E-state index contributed by atoms with van der Waals surface area (Å²) in [6.45, 7) is 0. The van der Waals surface area contributed by atoms with Gasteiger partial charge in [-0.3, -0.25) is 0 Å². The summed E-state index contributed by atoms with van der Waals surface area (Å²) >= 11 is 5.89. The molecule has 0 saturated heterocycles. The zero-order chi connectivity index (χ0) is 19.1. The predicted octanol–water partition coefficient (Wildman–Crippen LogP) is 3.52. The number of hydrogen-bond acceptors (Lipinski definition) is 6. The second-order valence-electron chi connectivity index (χ2n) is 5.08. The quantitative estimate of drug-likeness (QED) is 0.640. The summed E-state index contributed by atoms with van der Waals surface area (Å²) in [7, 11) is 2.37. The van der Waals surface area contributed by atoms with Gasteiger partial charge < -0.3 is 14.8 Å². The van der Waals surface area contributed by atoms with Crippen LogP contribution < -0.4 is 5.32 Å². The van der Waals surface area contributed by atoms with Crippen LogP contribution in [0.25, 0.3) is 11.1 Å². The van der Waals surface area contributed by atoms with Crippen molar-refractivity contribution in [1.82, 2.24) is 0 Å². The van der Waals surface area contributed by atoms with Gasteiger partial charge in [0, 0.05) is 5.02 Å². The molecule has 0 saturated carbocycles. The van der Waals surface area contributed by atoms with Gasteiger partial charge in [0.25, 0.3) is 0 Å². The average molecular weight is 371 g/mol. The maximum Gasteiger partial charge on any atom is 0.354 e. The molecule has 0 unspecified atom stereocenters. The molecule has 0 aliphatic carbocycles. The summed E-state index contributed by atoms with van der Waals surface area (Å²) < 4.78 is 9.15. The summed E-state index contributed by atoms with van der Waals surface area (Å²) in [5, 5.41) is 12.8. The minimum atomic E-state index is -0.763. The molecule has 2 rings (SSSR count). The molecule has 0 amide bonds. The Morgan fingerprint density at radius 1 is 1.08 bits per heavy atom. The number of benzene rings is 2. The van der Waals surface area contributed by atoms with E-state index in [4.69, 9.17) is 11.6 Å². The topological polar surface area (TPSA) is 88.4 Å². The van der Waals surface area contributed by atoms with E-state index in [1.54, 1.807) is 30.3 Å². The monoisotopic (exact) mass is 370 g/mol. The molecular formula is C19H15ClN2O4. The van der Waals surface area contributed by atoms with Crippen LogP contribution in [-0.2, 0) is 19.1 Å².